The van der Waals surface area contributed by atoms with E-state index >= 15 is 0 Å². The van der Waals surface area contributed by atoms with Crippen molar-refractivity contribution < 1.29 is 13.0 Å². The minimum Gasteiger partial charge on any atom is -0.282 e. The van der Waals surface area contributed by atoms with E-state index in [0.29, 0.717) is 5.56 Å². The van der Waals surface area contributed by atoms with Crippen molar-refractivity contribution in [3.05, 3.63) is 65.7 Å². The van der Waals surface area contributed by atoms with E-state index < -0.39 is 10.1 Å². The summed E-state index contributed by atoms with van der Waals surface area (Å²) in [5.41, 5.74) is 2.05. The Balaban J connectivity index is 0.000000235. The van der Waals surface area contributed by atoms with Gasteiger partial charge in [-0.1, -0.05) is 69.3 Å². The fourth-order valence-electron chi connectivity index (χ4n) is 1.91. The molecule has 114 valence electrons. The van der Waals surface area contributed by atoms with Gasteiger partial charge in [-0.15, -0.1) is 0 Å². The number of hydrogen-bond acceptors (Lipinski definition) is 2. The van der Waals surface area contributed by atoms with Crippen LogP contribution in [0.3, 0.4) is 0 Å². The smallest absolute Gasteiger partial charge is 0.282 e. The average Bonchev–Trinajstić information content (AvgIpc) is 2.48. The Hall–Kier alpha value is -1.65. The van der Waals surface area contributed by atoms with Crippen LogP contribution in [0.2, 0.25) is 0 Å². The lowest BCUT2D eigenvalue weighted by Crippen LogP contribution is -2.03. The second-order valence-corrected chi connectivity index (χ2v) is 6.40. The van der Waals surface area contributed by atoms with Crippen molar-refractivity contribution in [2.75, 3.05) is 0 Å². The van der Waals surface area contributed by atoms with Crippen LogP contribution in [0.15, 0.2) is 59.5 Å². The number of benzene rings is 2. The molecule has 0 spiro atoms. The highest BCUT2D eigenvalue weighted by Gasteiger charge is 2.15. The zero-order valence-corrected chi connectivity index (χ0v) is 13.5. The molecule has 0 aliphatic rings. The largest absolute Gasteiger partial charge is 0.294 e. The van der Waals surface area contributed by atoms with E-state index in [1.54, 1.807) is 18.2 Å². The highest BCUT2D eigenvalue weighted by molar-refractivity contribution is 7.85. The summed E-state index contributed by atoms with van der Waals surface area (Å²) in [7, 11) is -4.08. The van der Waals surface area contributed by atoms with Crippen molar-refractivity contribution in [2.45, 2.75) is 38.0 Å². The van der Waals surface area contributed by atoms with Crippen molar-refractivity contribution in [1.29, 1.82) is 0 Å². The van der Waals surface area contributed by atoms with Gasteiger partial charge in [0.25, 0.3) is 10.1 Å². The Labute approximate surface area is 127 Å². The number of rotatable bonds is 3. The zero-order valence-electron chi connectivity index (χ0n) is 12.7. The molecule has 0 aliphatic carbocycles. The van der Waals surface area contributed by atoms with Gasteiger partial charge >= 0.3 is 0 Å². The molecule has 2 aromatic carbocycles. The molecule has 0 atom stereocenters. The first-order valence-electron chi connectivity index (χ1n) is 6.96. The van der Waals surface area contributed by atoms with Gasteiger partial charge in [-0.05, 0) is 29.5 Å². The predicted octanol–water partition coefficient (Wildman–Crippen LogP) is 4.31. The van der Waals surface area contributed by atoms with Crippen LogP contribution < -0.4 is 0 Å². The molecule has 2 aromatic rings. The highest BCUT2D eigenvalue weighted by Crippen LogP contribution is 2.22. The normalized spacial score (nSPS) is 10.9. The summed E-state index contributed by atoms with van der Waals surface area (Å²) in [6.45, 7) is 5.92. The molecule has 0 saturated carbocycles. The molecule has 0 unspecified atom stereocenters. The van der Waals surface area contributed by atoms with E-state index in [0.717, 1.165) is 6.42 Å². The van der Waals surface area contributed by atoms with Crippen LogP contribution in [0, 0.1) is 0 Å². The maximum Gasteiger partial charge on any atom is 0.294 e. The van der Waals surface area contributed by atoms with Crippen LogP contribution in [0.1, 0.15) is 37.8 Å². The summed E-state index contributed by atoms with van der Waals surface area (Å²) in [5.74, 6) is 0.0816. The van der Waals surface area contributed by atoms with Crippen LogP contribution in [0.4, 0.5) is 0 Å². The first-order valence-corrected chi connectivity index (χ1v) is 8.40. The standard InChI is InChI=1S/C9H12O3S.C8H10/c1-7(2)8-5-3-4-6-9(8)13(10,11)12;1-2-8-6-4-3-5-7-8/h3-7H,1-2H3,(H,10,11,12);3-7H,2H2,1H3. The monoisotopic (exact) mass is 306 g/mol. The Kier molecular flexibility index (Phi) is 6.59. The molecule has 0 saturated heterocycles. The lowest BCUT2D eigenvalue weighted by molar-refractivity contribution is 0.481. The summed E-state index contributed by atoms with van der Waals surface area (Å²) >= 11 is 0. The van der Waals surface area contributed by atoms with Gasteiger partial charge in [0.15, 0.2) is 0 Å². The van der Waals surface area contributed by atoms with Crippen LogP contribution in [0.5, 0.6) is 0 Å². The van der Waals surface area contributed by atoms with Gasteiger partial charge < -0.3 is 0 Å². The summed E-state index contributed by atoms with van der Waals surface area (Å²) in [6.07, 6.45) is 1.14. The first-order chi connectivity index (χ1) is 9.86. The van der Waals surface area contributed by atoms with Gasteiger partial charge in [-0.25, -0.2) is 0 Å². The Morgan fingerprint density at radius 1 is 0.952 bits per heavy atom. The van der Waals surface area contributed by atoms with E-state index in [4.69, 9.17) is 4.55 Å². The van der Waals surface area contributed by atoms with Crippen LogP contribution >= 0.6 is 0 Å². The zero-order chi connectivity index (χ0) is 15.9. The van der Waals surface area contributed by atoms with Crippen molar-refractivity contribution in [3.63, 3.8) is 0 Å². The molecule has 3 nitrogen and oxygen atoms in total. The topological polar surface area (TPSA) is 54.4 Å². The highest BCUT2D eigenvalue weighted by atomic mass is 32.2. The molecular weight excluding hydrogens is 284 g/mol. The molecule has 21 heavy (non-hydrogen) atoms. The third-order valence-corrected chi connectivity index (χ3v) is 4.00. The minimum atomic E-state index is -4.08. The summed E-state index contributed by atoms with van der Waals surface area (Å²) in [4.78, 5) is 0.00463. The van der Waals surface area contributed by atoms with Crippen molar-refractivity contribution in [1.82, 2.24) is 0 Å². The Morgan fingerprint density at radius 2 is 1.48 bits per heavy atom. The maximum atomic E-state index is 10.9. The second kappa shape index (κ2) is 7.96. The predicted molar refractivity (Wildman–Crippen MR) is 86.2 cm³/mol. The molecule has 0 radical (unpaired) electrons. The first kappa shape index (κ1) is 17.4. The number of hydrogen-bond donors (Lipinski definition) is 1. The van der Waals surface area contributed by atoms with Gasteiger partial charge in [0, 0.05) is 0 Å². The van der Waals surface area contributed by atoms with Crippen molar-refractivity contribution >= 4 is 10.1 Å². The molecule has 0 fully saturated rings. The molecule has 4 heteroatoms. The summed E-state index contributed by atoms with van der Waals surface area (Å²) in [5, 5.41) is 0. The second-order valence-electron chi connectivity index (χ2n) is 5.01. The lowest BCUT2D eigenvalue weighted by atomic mass is 10.0. The fraction of sp³-hybridized carbons (Fsp3) is 0.294. The maximum absolute atomic E-state index is 10.9. The average molecular weight is 306 g/mol. The molecule has 0 heterocycles. The van der Waals surface area contributed by atoms with E-state index in [1.165, 1.54) is 11.6 Å². The van der Waals surface area contributed by atoms with Crippen molar-refractivity contribution in [2.24, 2.45) is 0 Å². The summed E-state index contributed by atoms with van der Waals surface area (Å²) < 4.78 is 30.7. The van der Waals surface area contributed by atoms with Gasteiger partial charge in [0.2, 0.25) is 0 Å². The lowest BCUT2D eigenvalue weighted by Gasteiger charge is -2.09. The fourth-order valence-corrected chi connectivity index (χ4v) is 2.76. The summed E-state index contributed by atoms with van der Waals surface area (Å²) in [6, 6.07) is 16.9. The minimum absolute atomic E-state index is 0.00463. The quantitative estimate of drug-likeness (QED) is 0.860. The van der Waals surface area contributed by atoms with Crippen LogP contribution in [0.25, 0.3) is 0 Å². The van der Waals surface area contributed by atoms with Gasteiger partial charge in [-0.3, -0.25) is 4.55 Å². The van der Waals surface area contributed by atoms with Gasteiger partial charge in [0.1, 0.15) is 0 Å². The molecule has 0 aliphatic heterocycles. The third kappa shape index (κ3) is 5.69. The molecule has 0 bridgehead atoms. The molecule has 0 amide bonds. The van der Waals surface area contributed by atoms with E-state index in [9.17, 15) is 8.42 Å². The van der Waals surface area contributed by atoms with E-state index in [2.05, 4.69) is 31.2 Å². The van der Waals surface area contributed by atoms with Crippen LogP contribution in [-0.2, 0) is 16.5 Å². The Morgan fingerprint density at radius 3 is 1.86 bits per heavy atom. The molecule has 1 N–H and O–H groups in total. The third-order valence-electron chi connectivity index (χ3n) is 3.07. The van der Waals surface area contributed by atoms with Crippen molar-refractivity contribution in [3.8, 4) is 0 Å². The molecule has 2 rings (SSSR count). The Bertz CT molecular complexity index is 647. The van der Waals surface area contributed by atoms with Gasteiger partial charge in [-0.2, -0.15) is 8.42 Å². The van der Waals surface area contributed by atoms with Crippen LogP contribution in [-0.4, -0.2) is 13.0 Å². The van der Waals surface area contributed by atoms with Gasteiger partial charge in [0.05, 0.1) is 4.90 Å². The molecular formula is C17H22O3S. The van der Waals surface area contributed by atoms with E-state index in [-0.39, 0.29) is 10.8 Å². The SMILES string of the molecule is CC(C)c1ccccc1S(=O)(=O)O.CCc1ccccc1. The van der Waals surface area contributed by atoms with E-state index in [1.807, 2.05) is 19.9 Å². The molecule has 0 aromatic heterocycles. The number of aryl methyl sites for hydroxylation is 1.